The molecule has 240 valence electrons. The van der Waals surface area contributed by atoms with Gasteiger partial charge in [-0.25, -0.2) is 27.8 Å². The van der Waals surface area contributed by atoms with Crippen LogP contribution < -0.4 is 28.3 Å². The molecule has 0 saturated carbocycles. The third-order valence-corrected chi connectivity index (χ3v) is 7.06. The number of benzene rings is 2. The van der Waals surface area contributed by atoms with E-state index >= 15 is 0 Å². The van der Waals surface area contributed by atoms with Crippen molar-refractivity contribution in [2.45, 2.75) is 12.8 Å². The highest BCUT2D eigenvalue weighted by molar-refractivity contribution is 7.90. The van der Waals surface area contributed by atoms with Gasteiger partial charge in [0.15, 0.2) is 6.29 Å². The molecule has 0 unspecified atom stereocenters. The van der Waals surface area contributed by atoms with Crippen LogP contribution in [0.15, 0.2) is 63.8 Å². The van der Waals surface area contributed by atoms with Gasteiger partial charge >= 0.3 is 0 Å². The molecule has 0 fully saturated rings. The first-order valence-corrected chi connectivity index (χ1v) is 17.0. The predicted molar refractivity (Wildman–Crippen MR) is 170 cm³/mol. The number of sulfone groups is 2. The maximum atomic E-state index is 10.9. The van der Waals surface area contributed by atoms with E-state index in [4.69, 9.17) is 50.2 Å². The molecule has 0 heterocycles. The molecule has 2 aromatic rings. The van der Waals surface area contributed by atoms with Crippen molar-refractivity contribution in [1.82, 2.24) is 11.0 Å². The van der Waals surface area contributed by atoms with Crippen LogP contribution in [0, 0.1) is 0 Å². The van der Waals surface area contributed by atoms with Gasteiger partial charge in [0, 0.05) is 28.7 Å². The standard InChI is InChI=1S/C12H17ClN4O3S.C7H5ClO.C5H14N4O3S/c1-21(18,19)8-4-7-20-17-12(14)16-15-9-10-5-2-3-6-11(10)13;8-7-4-2-1-3-6(7)5-9;1-13(10,11)4-2-3-12-9-5(6)8-7/h2-3,5-6,9H,4,7-8H2,1H3,(H3,14,16,17);1-5H;2-4,7H2,1H3,(H3,6,8,9)/b15-9+;;. The van der Waals surface area contributed by atoms with Crippen LogP contribution >= 0.6 is 23.2 Å². The summed E-state index contributed by atoms with van der Waals surface area (Å²) in [5.41, 5.74) is 16.4. The number of nitrogens with two attached hydrogens (primary N) is 3. The molecular formula is C24H36Cl2N8O7S2. The molecule has 8 N–H and O–H groups in total. The van der Waals surface area contributed by atoms with E-state index in [1.54, 1.807) is 36.4 Å². The average molecular weight is 684 g/mol. The summed E-state index contributed by atoms with van der Waals surface area (Å²) in [5.74, 6) is 4.81. The summed E-state index contributed by atoms with van der Waals surface area (Å²) < 4.78 is 43.0. The lowest BCUT2D eigenvalue weighted by molar-refractivity contribution is 0.0849. The van der Waals surface area contributed by atoms with Gasteiger partial charge in [0.2, 0.25) is 11.9 Å². The molecule has 0 aliphatic heterocycles. The van der Waals surface area contributed by atoms with Crippen LogP contribution in [0.4, 0.5) is 0 Å². The first-order chi connectivity index (χ1) is 20.2. The summed E-state index contributed by atoms with van der Waals surface area (Å²) in [6.45, 7) is 0.417. The number of aldehydes is 1. The number of hydrazone groups is 1. The molecular weight excluding hydrogens is 647 g/mol. The largest absolute Gasteiger partial charge is 0.367 e. The summed E-state index contributed by atoms with van der Waals surface area (Å²) in [5, 5.41) is 11.6. The quantitative estimate of drug-likeness (QED) is 0.0500. The van der Waals surface area contributed by atoms with Crippen molar-refractivity contribution < 1.29 is 31.3 Å². The van der Waals surface area contributed by atoms with Gasteiger partial charge in [0.1, 0.15) is 19.7 Å². The summed E-state index contributed by atoms with van der Waals surface area (Å²) in [7, 11) is -5.90. The van der Waals surface area contributed by atoms with Crippen molar-refractivity contribution in [2.75, 3.05) is 37.2 Å². The molecule has 0 bridgehead atoms. The number of carbonyl (C=O) groups excluding carboxylic acids is 1. The molecule has 0 aromatic heterocycles. The van der Waals surface area contributed by atoms with E-state index in [9.17, 15) is 21.6 Å². The Kier molecular flexibility index (Phi) is 20.3. The molecule has 0 aliphatic rings. The van der Waals surface area contributed by atoms with Crippen molar-refractivity contribution in [3.63, 3.8) is 0 Å². The monoisotopic (exact) mass is 682 g/mol. The van der Waals surface area contributed by atoms with Crippen molar-refractivity contribution in [2.24, 2.45) is 32.6 Å². The fourth-order valence-electron chi connectivity index (χ4n) is 2.39. The molecule has 2 aromatic carbocycles. The van der Waals surface area contributed by atoms with Gasteiger partial charge in [-0.05, 0) is 25.0 Å². The van der Waals surface area contributed by atoms with Gasteiger partial charge in [0.05, 0.1) is 36.0 Å². The lowest BCUT2D eigenvalue weighted by Crippen LogP contribution is -2.33. The van der Waals surface area contributed by atoms with Crippen LogP contribution in [0.25, 0.3) is 0 Å². The van der Waals surface area contributed by atoms with Crippen molar-refractivity contribution in [3.05, 3.63) is 69.7 Å². The Morgan fingerprint density at radius 2 is 1.26 bits per heavy atom. The number of guanidine groups is 2. The van der Waals surface area contributed by atoms with E-state index in [-0.39, 0.29) is 36.6 Å². The highest BCUT2D eigenvalue weighted by Crippen LogP contribution is 2.12. The highest BCUT2D eigenvalue weighted by Gasteiger charge is 2.02. The lowest BCUT2D eigenvalue weighted by Gasteiger charge is -2.04. The minimum absolute atomic E-state index is 0.0438. The van der Waals surface area contributed by atoms with Gasteiger partial charge in [-0.3, -0.25) is 14.5 Å². The number of hydrogen-bond donors (Lipinski definition) is 5. The zero-order valence-electron chi connectivity index (χ0n) is 23.5. The van der Waals surface area contributed by atoms with Crippen molar-refractivity contribution in [1.29, 1.82) is 0 Å². The van der Waals surface area contributed by atoms with E-state index in [1.165, 1.54) is 12.5 Å². The highest BCUT2D eigenvalue weighted by atomic mass is 35.5. The normalized spacial score (nSPS) is 12.0. The number of rotatable bonds is 13. The fourth-order valence-corrected chi connectivity index (χ4v) is 4.04. The summed E-state index contributed by atoms with van der Waals surface area (Å²) in [4.78, 5) is 19.8. The SMILES string of the molecule is CS(=O)(=O)CCCONC(N)=N/N=C/c1ccccc1Cl.CS(=O)(=O)CCCONC(N)=NN.O=Cc1ccccc1Cl. The van der Waals surface area contributed by atoms with Gasteiger partial charge < -0.3 is 17.3 Å². The number of hydroxylamine groups is 2. The second-order valence-electron chi connectivity index (χ2n) is 8.27. The topological polar surface area (TPSA) is 243 Å². The van der Waals surface area contributed by atoms with E-state index in [0.717, 1.165) is 12.5 Å². The predicted octanol–water partition coefficient (Wildman–Crippen LogP) is 1.23. The third kappa shape index (κ3) is 23.7. The van der Waals surface area contributed by atoms with E-state index in [0.29, 0.717) is 34.0 Å². The molecule has 0 radical (unpaired) electrons. The summed E-state index contributed by atoms with van der Waals surface area (Å²) in [6.07, 6.45) is 5.28. The van der Waals surface area contributed by atoms with Crippen LogP contribution in [0.5, 0.6) is 0 Å². The number of nitrogens with one attached hydrogen (secondary N) is 2. The Labute approximate surface area is 261 Å². The summed E-state index contributed by atoms with van der Waals surface area (Å²) >= 11 is 11.5. The molecule has 0 amide bonds. The molecule has 0 aliphatic carbocycles. The van der Waals surface area contributed by atoms with Gasteiger partial charge in [0.25, 0.3) is 0 Å². The molecule has 43 heavy (non-hydrogen) atoms. The van der Waals surface area contributed by atoms with Crippen LogP contribution in [-0.2, 0) is 29.3 Å². The zero-order chi connectivity index (χ0) is 32.7. The van der Waals surface area contributed by atoms with E-state index < -0.39 is 19.7 Å². The minimum atomic E-state index is -2.98. The van der Waals surface area contributed by atoms with Crippen molar-refractivity contribution >= 4 is 67.3 Å². The number of hydrogen-bond acceptors (Lipinski definition) is 11. The second-order valence-corrected chi connectivity index (χ2v) is 13.6. The average Bonchev–Trinajstić information content (AvgIpc) is 2.93. The molecule has 0 saturated heterocycles. The van der Waals surface area contributed by atoms with E-state index in [1.807, 2.05) is 12.1 Å². The number of halogens is 2. The maximum absolute atomic E-state index is 10.9. The molecule has 19 heteroatoms. The molecule has 0 spiro atoms. The van der Waals surface area contributed by atoms with Crippen molar-refractivity contribution in [3.8, 4) is 0 Å². The third-order valence-electron chi connectivity index (χ3n) is 4.32. The second kappa shape index (κ2) is 22.1. The smallest absolute Gasteiger partial charge is 0.237 e. The van der Waals surface area contributed by atoms with Crippen LogP contribution in [-0.4, -0.2) is 78.5 Å². The van der Waals surface area contributed by atoms with Gasteiger partial charge in [-0.2, -0.15) is 5.10 Å². The zero-order valence-corrected chi connectivity index (χ0v) is 26.7. The number of carbonyl (C=O) groups is 1. The fraction of sp³-hybridized carbons (Fsp3) is 0.333. The Morgan fingerprint density at radius 3 is 1.65 bits per heavy atom. The lowest BCUT2D eigenvalue weighted by atomic mass is 10.2. The van der Waals surface area contributed by atoms with E-state index in [2.05, 4.69) is 26.3 Å². The Hall–Kier alpha value is -3.48. The molecule has 15 nitrogen and oxygen atoms in total. The van der Waals surface area contributed by atoms with Gasteiger partial charge in [-0.1, -0.05) is 59.6 Å². The Balaban J connectivity index is 0.000000680. The van der Waals surface area contributed by atoms with Crippen LogP contribution in [0.1, 0.15) is 28.8 Å². The maximum Gasteiger partial charge on any atom is 0.237 e. The Bertz CT molecular complexity index is 1420. The molecule has 2 rings (SSSR count). The molecule has 0 atom stereocenters. The minimum Gasteiger partial charge on any atom is -0.367 e. The number of nitrogens with zero attached hydrogens (tertiary/aromatic N) is 3. The van der Waals surface area contributed by atoms with Crippen LogP contribution in [0.2, 0.25) is 10.0 Å². The van der Waals surface area contributed by atoms with Crippen LogP contribution in [0.3, 0.4) is 0 Å². The first-order valence-electron chi connectivity index (χ1n) is 12.1. The Morgan fingerprint density at radius 1 is 0.814 bits per heavy atom. The van der Waals surface area contributed by atoms with Gasteiger partial charge in [-0.15, -0.1) is 10.2 Å². The first kappa shape index (κ1) is 39.5. The summed E-state index contributed by atoms with van der Waals surface area (Å²) in [6, 6.07) is 14.1.